The summed E-state index contributed by atoms with van der Waals surface area (Å²) in [5, 5.41) is 0.273. The first-order valence-corrected chi connectivity index (χ1v) is 7.65. The first kappa shape index (κ1) is 16.4. The lowest BCUT2D eigenvalue weighted by Gasteiger charge is -2.08. The Bertz CT molecular complexity index is 813. The molecule has 4 nitrogen and oxygen atoms in total. The Morgan fingerprint density at radius 3 is 2.50 bits per heavy atom. The third kappa shape index (κ3) is 3.38. The molecule has 2 unspecified atom stereocenters. The van der Waals surface area contributed by atoms with Gasteiger partial charge in [0, 0.05) is 5.92 Å². The van der Waals surface area contributed by atoms with Crippen LogP contribution in [0.15, 0.2) is 42.5 Å². The molecule has 0 aliphatic heterocycles. The van der Waals surface area contributed by atoms with E-state index in [4.69, 9.17) is 11.6 Å². The summed E-state index contributed by atoms with van der Waals surface area (Å²) in [6.07, 6.45) is 0.513. The van der Waals surface area contributed by atoms with E-state index in [1.165, 1.54) is 12.1 Å². The number of hydrogen-bond acceptors (Lipinski definition) is 2. The minimum absolute atomic E-state index is 0.183. The molecule has 0 spiro atoms. The Hall–Kier alpha value is -2.47. The van der Waals surface area contributed by atoms with Crippen molar-refractivity contribution in [1.82, 2.24) is 10.9 Å². The number of carbonyl (C=O) groups excluding carboxylic acids is 2. The lowest BCUT2D eigenvalue weighted by Crippen LogP contribution is -2.42. The van der Waals surface area contributed by atoms with Gasteiger partial charge in [-0.15, -0.1) is 0 Å². The van der Waals surface area contributed by atoms with E-state index < -0.39 is 17.5 Å². The summed E-state index contributed by atoms with van der Waals surface area (Å²) < 4.78 is 26.2. The molecule has 0 aromatic heterocycles. The van der Waals surface area contributed by atoms with Gasteiger partial charge in [0.2, 0.25) is 5.91 Å². The van der Waals surface area contributed by atoms with Crippen LogP contribution in [0.4, 0.5) is 8.78 Å². The second kappa shape index (κ2) is 6.57. The van der Waals surface area contributed by atoms with E-state index in [0.717, 1.165) is 12.1 Å². The minimum Gasteiger partial charge on any atom is -0.273 e. The summed E-state index contributed by atoms with van der Waals surface area (Å²) in [4.78, 5) is 24.0. The molecule has 2 aromatic rings. The van der Waals surface area contributed by atoms with Gasteiger partial charge in [-0.2, -0.15) is 0 Å². The van der Waals surface area contributed by atoms with E-state index in [1.54, 1.807) is 18.2 Å². The molecule has 0 bridgehead atoms. The average molecular weight is 351 g/mol. The van der Waals surface area contributed by atoms with Gasteiger partial charge >= 0.3 is 0 Å². The third-order valence-electron chi connectivity index (χ3n) is 3.92. The van der Waals surface area contributed by atoms with Crippen LogP contribution in [0.25, 0.3) is 0 Å². The van der Waals surface area contributed by atoms with E-state index >= 15 is 0 Å². The molecule has 1 saturated carbocycles. The van der Waals surface area contributed by atoms with Gasteiger partial charge in [-0.05, 0) is 42.2 Å². The van der Waals surface area contributed by atoms with Gasteiger partial charge in [0.1, 0.15) is 0 Å². The first-order valence-electron chi connectivity index (χ1n) is 7.27. The molecule has 24 heavy (non-hydrogen) atoms. The summed E-state index contributed by atoms with van der Waals surface area (Å²) in [5.74, 6) is -3.35. The SMILES string of the molecule is O=C(NNC(=O)C1CC1c1ccc(F)c(F)c1)c1ccccc1Cl. The smallest absolute Gasteiger partial charge is 0.271 e. The van der Waals surface area contributed by atoms with E-state index in [9.17, 15) is 18.4 Å². The summed E-state index contributed by atoms with van der Waals surface area (Å²) in [6.45, 7) is 0. The third-order valence-corrected chi connectivity index (χ3v) is 4.25. The van der Waals surface area contributed by atoms with E-state index in [0.29, 0.717) is 12.0 Å². The van der Waals surface area contributed by atoms with Crippen molar-refractivity contribution in [2.24, 2.45) is 5.92 Å². The Labute approximate surface area is 141 Å². The van der Waals surface area contributed by atoms with Crippen LogP contribution in [0.5, 0.6) is 0 Å². The molecular weight excluding hydrogens is 338 g/mol. The van der Waals surface area contributed by atoms with Crippen molar-refractivity contribution in [2.75, 3.05) is 0 Å². The molecule has 0 heterocycles. The Morgan fingerprint density at radius 2 is 1.79 bits per heavy atom. The quantitative estimate of drug-likeness (QED) is 0.835. The second-order valence-electron chi connectivity index (χ2n) is 5.55. The zero-order valence-electron chi connectivity index (χ0n) is 12.4. The Kier molecular flexibility index (Phi) is 4.49. The fourth-order valence-electron chi connectivity index (χ4n) is 2.52. The molecule has 2 amide bonds. The second-order valence-corrected chi connectivity index (χ2v) is 5.95. The highest BCUT2D eigenvalue weighted by atomic mass is 35.5. The van der Waals surface area contributed by atoms with Gasteiger partial charge in [0.25, 0.3) is 5.91 Å². The number of hydrogen-bond donors (Lipinski definition) is 2. The van der Waals surface area contributed by atoms with Crippen LogP contribution in [-0.4, -0.2) is 11.8 Å². The predicted octanol–water partition coefficient (Wildman–Crippen LogP) is 3.18. The van der Waals surface area contributed by atoms with Gasteiger partial charge in [-0.3, -0.25) is 20.4 Å². The monoisotopic (exact) mass is 350 g/mol. The maximum Gasteiger partial charge on any atom is 0.271 e. The van der Waals surface area contributed by atoms with Gasteiger partial charge in [-0.25, -0.2) is 8.78 Å². The molecule has 3 rings (SSSR count). The molecule has 1 aliphatic rings. The molecular formula is C17H13ClF2N2O2. The average Bonchev–Trinajstić information content (AvgIpc) is 3.36. The number of amides is 2. The van der Waals surface area contributed by atoms with E-state index in [-0.39, 0.29) is 28.3 Å². The number of nitrogens with one attached hydrogen (secondary N) is 2. The highest BCUT2D eigenvalue weighted by Crippen LogP contribution is 2.47. The van der Waals surface area contributed by atoms with Crippen molar-refractivity contribution in [3.63, 3.8) is 0 Å². The molecule has 2 aromatic carbocycles. The summed E-state index contributed by atoms with van der Waals surface area (Å²) in [5.41, 5.74) is 5.43. The Balaban J connectivity index is 1.56. The van der Waals surface area contributed by atoms with Gasteiger partial charge in [-0.1, -0.05) is 29.8 Å². The molecule has 124 valence electrons. The topological polar surface area (TPSA) is 58.2 Å². The number of hydrazine groups is 1. The fourth-order valence-corrected chi connectivity index (χ4v) is 2.74. The molecule has 2 N–H and O–H groups in total. The molecule has 0 saturated heterocycles. The molecule has 7 heteroatoms. The molecule has 1 aliphatic carbocycles. The number of halogens is 3. The number of rotatable bonds is 3. The normalized spacial score (nSPS) is 18.8. The van der Waals surface area contributed by atoms with E-state index in [1.807, 2.05) is 0 Å². The maximum absolute atomic E-state index is 13.2. The van der Waals surface area contributed by atoms with Gasteiger partial charge in [0.15, 0.2) is 11.6 Å². The highest BCUT2D eigenvalue weighted by Gasteiger charge is 2.44. The van der Waals surface area contributed by atoms with Crippen molar-refractivity contribution in [2.45, 2.75) is 12.3 Å². The molecule has 0 radical (unpaired) electrons. The van der Waals surface area contributed by atoms with Crippen molar-refractivity contribution in [1.29, 1.82) is 0 Å². The summed E-state index contributed by atoms with van der Waals surface area (Å²) in [7, 11) is 0. The number of benzene rings is 2. The zero-order valence-corrected chi connectivity index (χ0v) is 13.1. The van der Waals surface area contributed by atoms with Crippen molar-refractivity contribution in [3.8, 4) is 0 Å². The summed E-state index contributed by atoms with van der Waals surface area (Å²) in [6, 6.07) is 10.0. The maximum atomic E-state index is 13.2. The lowest BCUT2D eigenvalue weighted by atomic mass is 10.1. The largest absolute Gasteiger partial charge is 0.273 e. The van der Waals surface area contributed by atoms with Crippen LogP contribution in [0.1, 0.15) is 28.3 Å². The van der Waals surface area contributed by atoms with E-state index in [2.05, 4.69) is 10.9 Å². The van der Waals surface area contributed by atoms with Crippen LogP contribution in [0.2, 0.25) is 5.02 Å². The highest BCUT2D eigenvalue weighted by molar-refractivity contribution is 6.33. The van der Waals surface area contributed by atoms with Crippen LogP contribution >= 0.6 is 11.6 Å². The molecule has 2 atom stereocenters. The zero-order chi connectivity index (χ0) is 17.3. The van der Waals surface area contributed by atoms with Crippen LogP contribution < -0.4 is 10.9 Å². The number of carbonyl (C=O) groups is 2. The van der Waals surface area contributed by atoms with Gasteiger partial charge < -0.3 is 0 Å². The van der Waals surface area contributed by atoms with Crippen LogP contribution in [-0.2, 0) is 4.79 Å². The van der Waals surface area contributed by atoms with Crippen molar-refractivity contribution < 1.29 is 18.4 Å². The standard InChI is InChI=1S/C17H13ClF2N2O2/c18-13-4-2-1-3-10(13)16(23)21-22-17(24)12-8-11(12)9-5-6-14(19)15(20)7-9/h1-7,11-12H,8H2,(H,21,23)(H,22,24). The van der Waals surface area contributed by atoms with Crippen molar-refractivity contribution >= 4 is 23.4 Å². The summed E-state index contributed by atoms with van der Waals surface area (Å²) >= 11 is 5.90. The van der Waals surface area contributed by atoms with Gasteiger partial charge in [0.05, 0.1) is 10.6 Å². The predicted molar refractivity (Wildman–Crippen MR) is 84.3 cm³/mol. The lowest BCUT2D eigenvalue weighted by molar-refractivity contribution is -0.123. The minimum atomic E-state index is -0.939. The Morgan fingerprint density at radius 1 is 1.04 bits per heavy atom. The van der Waals surface area contributed by atoms with Crippen molar-refractivity contribution in [3.05, 3.63) is 70.2 Å². The van der Waals surface area contributed by atoms with Crippen LogP contribution in [0, 0.1) is 17.6 Å². The first-order chi connectivity index (χ1) is 11.5. The van der Waals surface area contributed by atoms with Crippen LogP contribution in [0.3, 0.4) is 0 Å². The molecule has 1 fully saturated rings. The fraction of sp³-hybridized carbons (Fsp3) is 0.176.